The Bertz CT molecular complexity index is 709. The number of rotatable bonds is 3. The normalized spacial score (nSPS) is 14.4. The fourth-order valence-corrected chi connectivity index (χ4v) is 3.29. The van der Waals surface area contributed by atoms with Gasteiger partial charge in [0.15, 0.2) is 0 Å². The lowest BCUT2D eigenvalue weighted by molar-refractivity contribution is -0.132. The molecule has 1 heterocycles. The van der Waals surface area contributed by atoms with Gasteiger partial charge in [0, 0.05) is 19.5 Å². The van der Waals surface area contributed by atoms with Crippen molar-refractivity contribution in [3.05, 3.63) is 70.8 Å². The fourth-order valence-electron chi connectivity index (χ4n) is 3.29. The molecule has 0 aliphatic carbocycles. The maximum absolute atomic E-state index is 12.5. The van der Waals surface area contributed by atoms with Crippen LogP contribution < -0.4 is 0 Å². The predicted octanol–water partition coefficient (Wildman–Crippen LogP) is 4.50. The molecule has 0 fully saturated rings. The van der Waals surface area contributed by atoms with E-state index in [1.165, 1.54) is 22.3 Å². The highest BCUT2D eigenvalue weighted by Crippen LogP contribution is 2.23. The Morgan fingerprint density at radius 3 is 2.33 bits per heavy atom. The molecule has 0 atom stereocenters. The van der Waals surface area contributed by atoms with Crippen molar-refractivity contribution in [1.29, 1.82) is 0 Å². The summed E-state index contributed by atoms with van der Waals surface area (Å²) in [5.41, 5.74) is 5.44. The predicted molar refractivity (Wildman–Crippen MR) is 99.0 cm³/mol. The lowest BCUT2D eigenvalue weighted by atomic mass is 9.86. The molecule has 0 aromatic heterocycles. The number of fused-ring (bicyclic) bond motifs is 1. The van der Waals surface area contributed by atoms with Gasteiger partial charge in [0.05, 0.1) is 0 Å². The van der Waals surface area contributed by atoms with Crippen molar-refractivity contribution < 1.29 is 4.79 Å². The maximum atomic E-state index is 12.5. The summed E-state index contributed by atoms with van der Waals surface area (Å²) in [4.78, 5) is 14.5. The topological polar surface area (TPSA) is 20.3 Å². The van der Waals surface area contributed by atoms with E-state index in [0.29, 0.717) is 6.42 Å². The molecule has 0 radical (unpaired) electrons. The van der Waals surface area contributed by atoms with Crippen molar-refractivity contribution in [3.63, 3.8) is 0 Å². The van der Waals surface area contributed by atoms with E-state index < -0.39 is 0 Å². The van der Waals surface area contributed by atoms with Gasteiger partial charge in [-0.2, -0.15) is 0 Å². The van der Waals surface area contributed by atoms with Crippen LogP contribution in [0.25, 0.3) is 0 Å². The molecule has 2 aromatic rings. The molecule has 24 heavy (non-hydrogen) atoms. The molecule has 0 spiro atoms. The quantitative estimate of drug-likeness (QED) is 0.815. The van der Waals surface area contributed by atoms with Crippen LogP contribution in [0.3, 0.4) is 0 Å². The molecule has 2 heteroatoms. The first-order valence-electron chi connectivity index (χ1n) is 8.87. The number of benzene rings is 2. The molecule has 1 amide bonds. The Hall–Kier alpha value is -2.09. The average molecular weight is 321 g/mol. The van der Waals surface area contributed by atoms with Crippen LogP contribution in [-0.2, 0) is 29.6 Å². The average Bonchev–Trinajstić information content (AvgIpc) is 2.59. The summed E-state index contributed by atoms with van der Waals surface area (Å²) in [7, 11) is 0. The van der Waals surface area contributed by atoms with Crippen LogP contribution in [0.4, 0.5) is 0 Å². The van der Waals surface area contributed by atoms with Gasteiger partial charge >= 0.3 is 0 Å². The van der Waals surface area contributed by atoms with Crippen molar-refractivity contribution in [2.75, 3.05) is 6.54 Å². The summed E-state index contributed by atoms with van der Waals surface area (Å²) < 4.78 is 0. The summed E-state index contributed by atoms with van der Waals surface area (Å²) in [6, 6.07) is 17.2. The standard InChI is InChI=1S/C22H27NO/c1-22(2,3)20-11-8-17(9-12-20)10-13-21(24)23-15-14-18-6-4-5-7-19(18)16-23/h4-9,11-12H,10,13-16H2,1-3H3. The Morgan fingerprint density at radius 1 is 1.00 bits per heavy atom. The molecule has 126 valence electrons. The third kappa shape index (κ3) is 3.87. The molecule has 0 N–H and O–H groups in total. The molecule has 2 aromatic carbocycles. The van der Waals surface area contributed by atoms with Gasteiger partial charge < -0.3 is 4.90 Å². The summed E-state index contributed by atoms with van der Waals surface area (Å²) in [6.07, 6.45) is 2.39. The zero-order valence-electron chi connectivity index (χ0n) is 15.0. The highest BCUT2D eigenvalue weighted by atomic mass is 16.2. The first-order chi connectivity index (χ1) is 11.4. The smallest absolute Gasteiger partial charge is 0.223 e. The molecule has 0 saturated heterocycles. The molecule has 1 aliphatic heterocycles. The van der Waals surface area contributed by atoms with Crippen LogP contribution in [0, 0.1) is 0 Å². The summed E-state index contributed by atoms with van der Waals surface area (Å²) in [5.74, 6) is 0.268. The van der Waals surface area contributed by atoms with Gasteiger partial charge in [0.2, 0.25) is 5.91 Å². The summed E-state index contributed by atoms with van der Waals surface area (Å²) >= 11 is 0. The zero-order chi connectivity index (χ0) is 17.2. The first kappa shape index (κ1) is 16.8. The highest BCUT2D eigenvalue weighted by molar-refractivity contribution is 5.76. The first-order valence-corrected chi connectivity index (χ1v) is 8.87. The lowest BCUT2D eigenvalue weighted by Gasteiger charge is -2.29. The minimum atomic E-state index is 0.176. The van der Waals surface area contributed by atoms with Crippen LogP contribution in [-0.4, -0.2) is 17.4 Å². The summed E-state index contributed by atoms with van der Waals surface area (Å²) in [6.45, 7) is 8.27. The molecular weight excluding hydrogens is 294 g/mol. The highest BCUT2D eigenvalue weighted by Gasteiger charge is 2.20. The number of nitrogens with zero attached hydrogens (tertiary/aromatic N) is 1. The monoisotopic (exact) mass is 321 g/mol. The van der Waals surface area contributed by atoms with E-state index in [0.717, 1.165) is 25.9 Å². The van der Waals surface area contributed by atoms with E-state index in [1.54, 1.807) is 0 Å². The van der Waals surface area contributed by atoms with Gasteiger partial charge in [-0.3, -0.25) is 4.79 Å². The van der Waals surface area contributed by atoms with E-state index in [9.17, 15) is 4.79 Å². The Balaban J connectivity index is 1.56. The van der Waals surface area contributed by atoms with Crippen LogP contribution in [0.2, 0.25) is 0 Å². The molecule has 1 aliphatic rings. The number of hydrogen-bond acceptors (Lipinski definition) is 1. The van der Waals surface area contributed by atoms with E-state index in [2.05, 4.69) is 69.3 Å². The second-order valence-corrected chi connectivity index (χ2v) is 7.78. The van der Waals surface area contributed by atoms with Gasteiger partial charge in [0.25, 0.3) is 0 Å². The van der Waals surface area contributed by atoms with Crippen molar-refractivity contribution in [1.82, 2.24) is 4.90 Å². The van der Waals surface area contributed by atoms with E-state index in [-0.39, 0.29) is 11.3 Å². The van der Waals surface area contributed by atoms with Gasteiger partial charge in [-0.15, -0.1) is 0 Å². The van der Waals surface area contributed by atoms with Crippen LogP contribution in [0.5, 0.6) is 0 Å². The molecule has 3 rings (SSSR count). The number of hydrogen-bond donors (Lipinski definition) is 0. The summed E-state index contributed by atoms with van der Waals surface area (Å²) in [5, 5.41) is 0. The zero-order valence-corrected chi connectivity index (χ0v) is 15.0. The van der Waals surface area contributed by atoms with Gasteiger partial charge in [-0.25, -0.2) is 0 Å². The molecular formula is C22H27NO. The van der Waals surface area contributed by atoms with Crippen LogP contribution in [0.1, 0.15) is 49.4 Å². The van der Waals surface area contributed by atoms with Crippen molar-refractivity contribution >= 4 is 5.91 Å². The number of carbonyl (C=O) groups is 1. The van der Waals surface area contributed by atoms with Gasteiger partial charge in [0.1, 0.15) is 0 Å². The van der Waals surface area contributed by atoms with E-state index in [4.69, 9.17) is 0 Å². The Kier molecular flexibility index (Phi) is 4.75. The fraction of sp³-hybridized carbons (Fsp3) is 0.409. The number of aryl methyl sites for hydroxylation is 1. The number of amides is 1. The molecule has 0 unspecified atom stereocenters. The molecule has 0 saturated carbocycles. The maximum Gasteiger partial charge on any atom is 0.223 e. The second kappa shape index (κ2) is 6.80. The third-order valence-corrected chi connectivity index (χ3v) is 4.93. The molecule has 2 nitrogen and oxygen atoms in total. The van der Waals surface area contributed by atoms with Crippen LogP contribution in [0.15, 0.2) is 48.5 Å². The van der Waals surface area contributed by atoms with Crippen molar-refractivity contribution in [2.45, 2.75) is 52.0 Å². The van der Waals surface area contributed by atoms with Gasteiger partial charge in [-0.05, 0) is 40.5 Å². The van der Waals surface area contributed by atoms with Crippen LogP contribution >= 0.6 is 0 Å². The van der Waals surface area contributed by atoms with E-state index >= 15 is 0 Å². The lowest BCUT2D eigenvalue weighted by Crippen LogP contribution is -2.36. The van der Waals surface area contributed by atoms with Crippen molar-refractivity contribution in [3.8, 4) is 0 Å². The Labute approximate surface area is 145 Å². The van der Waals surface area contributed by atoms with E-state index in [1.807, 2.05) is 4.90 Å². The van der Waals surface area contributed by atoms with Gasteiger partial charge in [-0.1, -0.05) is 69.3 Å². The SMILES string of the molecule is CC(C)(C)c1ccc(CCC(=O)N2CCc3ccccc3C2)cc1. The third-order valence-electron chi connectivity index (χ3n) is 4.93. The Morgan fingerprint density at radius 2 is 1.67 bits per heavy atom. The minimum Gasteiger partial charge on any atom is -0.338 e. The largest absolute Gasteiger partial charge is 0.338 e. The second-order valence-electron chi connectivity index (χ2n) is 7.78. The molecule has 0 bridgehead atoms. The van der Waals surface area contributed by atoms with Crippen molar-refractivity contribution in [2.24, 2.45) is 0 Å². The minimum absolute atomic E-state index is 0.176. The number of carbonyl (C=O) groups excluding carboxylic acids is 1.